The third-order valence-corrected chi connectivity index (χ3v) is 4.63. The molecule has 1 nitrogen and oxygen atoms in total. The highest BCUT2D eigenvalue weighted by Gasteiger charge is 2.08. The minimum atomic E-state index is 0.994. The van der Waals surface area contributed by atoms with Gasteiger partial charge in [-0.2, -0.15) is 0 Å². The number of pyridine rings is 1. The maximum absolute atomic E-state index is 4.92. The molecule has 0 saturated carbocycles. The van der Waals surface area contributed by atoms with Crippen LogP contribution in [0.15, 0.2) is 84.9 Å². The average Bonchev–Trinajstić information content (AvgIpc) is 2.68. The zero-order valence-corrected chi connectivity index (χ0v) is 15.1. The molecule has 126 valence electrons. The van der Waals surface area contributed by atoms with E-state index in [4.69, 9.17) is 4.98 Å². The molecule has 0 saturated heterocycles. The largest absolute Gasteiger partial charge is 0.248 e. The van der Waals surface area contributed by atoms with Crippen molar-refractivity contribution in [1.82, 2.24) is 4.98 Å². The molecule has 4 rings (SSSR count). The van der Waals surface area contributed by atoms with Crippen molar-refractivity contribution in [2.45, 2.75) is 13.8 Å². The number of aryl methyl sites for hydroxylation is 2. The van der Waals surface area contributed by atoms with E-state index in [2.05, 4.69) is 92.7 Å². The molecule has 1 heteroatoms. The fraction of sp³-hybridized carbons (Fsp3) is 0.0800. The molecule has 1 aromatic heterocycles. The molecule has 0 radical (unpaired) electrons. The number of rotatable bonds is 3. The number of hydrogen-bond acceptors (Lipinski definition) is 1. The lowest BCUT2D eigenvalue weighted by Gasteiger charge is -2.10. The fourth-order valence-corrected chi connectivity index (χ4v) is 3.08. The van der Waals surface area contributed by atoms with Crippen LogP contribution >= 0.6 is 0 Å². The summed E-state index contributed by atoms with van der Waals surface area (Å²) in [6.07, 6.45) is 2.22. The zero-order chi connectivity index (χ0) is 17.9. The van der Waals surface area contributed by atoms with Gasteiger partial charge in [0, 0.05) is 11.0 Å². The Morgan fingerprint density at radius 3 is 2.08 bits per heavy atom. The molecule has 0 aliphatic carbocycles. The molecule has 0 spiro atoms. The Morgan fingerprint density at radius 2 is 1.35 bits per heavy atom. The summed E-state index contributed by atoms with van der Waals surface area (Å²) in [6.45, 7) is 4.22. The lowest BCUT2D eigenvalue weighted by molar-refractivity contribution is 1.34. The minimum Gasteiger partial charge on any atom is -0.248 e. The molecule has 0 aliphatic heterocycles. The Labute approximate surface area is 154 Å². The zero-order valence-electron chi connectivity index (χ0n) is 15.1. The first kappa shape index (κ1) is 16.3. The van der Waals surface area contributed by atoms with Gasteiger partial charge in [-0.3, -0.25) is 0 Å². The average molecular weight is 335 g/mol. The number of para-hydroxylation sites is 1. The summed E-state index contributed by atoms with van der Waals surface area (Å²) < 4.78 is 0. The minimum absolute atomic E-state index is 0.994. The number of benzene rings is 3. The summed E-state index contributed by atoms with van der Waals surface area (Å²) in [4.78, 5) is 4.92. The second-order valence-electron chi connectivity index (χ2n) is 6.72. The van der Waals surface area contributed by atoms with Gasteiger partial charge < -0.3 is 0 Å². The van der Waals surface area contributed by atoms with Gasteiger partial charge in [-0.05, 0) is 43.2 Å². The number of fused-ring (bicyclic) bond motifs is 1. The highest BCUT2D eigenvalue weighted by molar-refractivity contribution is 5.92. The molecule has 4 aromatic rings. The first-order valence-corrected chi connectivity index (χ1v) is 8.91. The molecule has 3 aromatic carbocycles. The Hall–Kier alpha value is -3.19. The standard InChI is InChI=1S/C25H21N/c1-18-7-11-20(12-8-18)17-23(21-13-9-19(2)10-14-21)25-16-15-22-5-3-4-6-24(22)26-25/h3-17H,1-2H3. The molecular formula is C25H21N. The van der Waals surface area contributed by atoms with E-state index in [1.54, 1.807) is 0 Å². The second-order valence-corrected chi connectivity index (χ2v) is 6.72. The molecule has 0 atom stereocenters. The summed E-state index contributed by atoms with van der Waals surface area (Å²) in [5.74, 6) is 0. The smallest absolute Gasteiger partial charge is 0.0715 e. The molecule has 0 unspecified atom stereocenters. The predicted octanol–water partition coefficient (Wildman–Crippen LogP) is 6.44. The summed E-state index contributed by atoms with van der Waals surface area (Å²) in [5.41, 5.74) is 8.04. The van der Waals surface area contributed by atoms with Gasteiger partial charge >= 0.3 is 0 Å². The van der Waals surface area contributed by atoms with Crippen molar-refractivity contribution in [2.24, 2.45) is 0 Å². The Balaban J connectivity index is 1.88. The maximum atomic E-state index is 4.92. The molecule has 26 heavy (non-hydrogen) atoms. The summed E-state index contributed by atoms with van der Waals surface area (Å²) >= 11 is 0. The Morgan fingerprint density at radius 1 is 0.692 bits per heavy atom. The van der Waals surface area contributed by atoms with Crippen molar-refractivity contribution in [2.75, 3.05) is 0 Å². The van der Waals surface area contributed by atoms with Crippen LogP contribution in [0.5, 0.6) is 0 Å². The Bertz CT molecular complexity index is 1070. The molecular weight excluding hydrogens is 314 g/mol. The SMILES string of the molecule is Cc1ccc(C=C(c2ccc(C)cc2)c2ccc3ccccc3n2)cc1. The van der Waals surface area contributed by atoms with Gasteiger partial charge in [0.2, 0.25) is 0 Å². The van der Waals surface area contributed by atoms with E-state index in [0.29, 0.717) is 0 Å². The van der Waals surface area contributed by atoms with E-state index < -0.39 is 0 Å². The lowest BCUT2D eigenvalue weighted by atomic mass is 9.97. The monoisotopic (exact) mass is 335 g/mol. The summed E-state index contributed by atoms with van der Waals surface area (Å²) in [6, 6.07) is 29.8. The van der Waals surface area contributed by atoms with E-state index in [9.17, 15) is 0 Å². The van der Waals surface area contributed by atoms with Gasteiger partial charge in [0.15, 0.2) is 0 Å². The van der Waals surface area contributed by atoms with Crippen LogP contribution < -0.4 is 0 Å². The van der Waals surface area contributed by atoms with E-state index in [-0.39, 0.29) is 0 Å². The first-order chi connectivity index (χ1) is 12.7. The first-order valence-electron chi connectivity index (χ1n) is 8.91. The quantitative estimate of drug-likeness (QED) is 0.393. The van der Waals surface area contributed by atoms with Crippen molar-refractivity contribution in [3.63, 3.8) is 0 Å². The van der Waals surface area contributed by atoms with Gasteiger partial charge in [0.05, 0.1) is 11.2 Å². The number of nitrogens with zero attached hydrogens (tertiary/aromatic N) is 1. The Kier molecular flexibility index (Phi) is 4.37. The predicted molar refractivity (Wildman–Crippen MR) is 111 cm³/mol. The van der Waals surface area contributed by atoms with Crippen LogP contribution in [0.4, 0.5) is 0 Å². The van der Waals surface area contributed by atoms with Crippen LogP contribution in [-0.2, 0) is 0 Å². The third kappa shape index (κ3) is 3.43. The van der Waals surface area contributed by atoms with Crippen molar-refractivity contribution in [3.05, 3.63) is 113 Å². The van der Waals surface area contributed by atoms with Gasteiger partial charge in [-0.1, -0.05) is 83.9 Å². The van der Waals surface area contributed by atoms with Crippen molar-refractivity contribution in [3.8, 4) is 0 Å². The molecule has 1 heterocycles. The summed E-state index contributed by atoms with van der Waals surface area (Å²) in [7, 11) is 0. The maximum Gasteiger partial charge on any atom is 0.0715 e. The molecule has 0 amide bonds. The van der Waals surface area contributed by atoms with Crippen LogP contribution in [0.25, 0.3) is 22.6 Å². The van der Waals surface area contributed by atoms with Crippen LogP contribution in [-0.4, -0.2) is 4.98 Å². The second kappa shape index (κ2) is 6.97. The van der Waals surface area contributed by atoms with E-state index in [0.717, 1.165) is 22.2 Å². The highest BCUT2D eigenvalue weighted by Crippen LogP contribution is 2.27. The lowest BCUT2D eigenvalue weighted by Crippen LogP contribution is -1.93. The fourth-order valence-electron chi connectivity index (χ4n) is 3.08. The normalized spacial score (nSPS) is 11.7. The van der Waals surface area contributed by atoms with Crippen LogP contribution in [0.2, 0.25) is 0 Å². The van der Waals surface area contributed by atoms with E-state index in [1.807, 2.05) is 12.1 Å². The third-order valence-electron chi connectivity index (χ3n) is 4.63. The number of aromatic nitrogens is 1. The van der Waals surface area contributed by atoms with Gasteiger partial charge in [-0.15, -0.1) is 0 Å². The van der Waals surface area contributed by atoms with Crippen molar-refractivity contribution >= 4 is 22.6 Å². The molecule has 0 fully saturated rings. The van der Waals surface area contributed by atoms with Crippen LogP contribution in [0.3, 0.4) is 0 Å². The van der Waals surface area contributed by atoms with Crippen molar-refractivity contribution < 1.29 is 0 Å². The highest BCUT2D eigenvalue weighted by atomic mass is 14.7. The van der Waals surface area contributed by atoms with Gasteiger partial charge in [0.25, 0.3) is 0 Å². The van der Waals surface area contributed by atoms with Gasteiger partial charge in [0.1, 0.15) is 0 Å². The molecule has 0 bridgehead atoms. The van der Waals surface area contributed by atoms with Crippen molar-refractivity contribution in [1.29, 1.82) is 0 Å². The van der Waals surface area contributed by atoms with Crippen LogP contribution in [0.1, 0.15) is 27.9 Å². The van der Waals surface area contributed by atoms with E-state index in [1.165, 1.54) is 22.3 Å². The number of hydrogen-bond donors (Lipinski definition) is 0. The van der Waals surface area contributed by atoms with Crippen LogP contribution in [0, 0.1) is 13.8 Å². The van der Waals surface area contributed by atoms with E-state index >= 15 is 0 Å². The topological polar surface area (TPSA) is 12.9 Å². The van der Waals surface area contributed by atoms with Gasteiger partial charge in [-0.25, -0.2) is 4.98 Å². The molecule has 0 N–H and O–H groups in total. The molecule has 0 aliphatic rings. The summed E-state index contributed by atoms with van der Waals surface area (Å²) in [5, 5.41) is 1.16.